The SMILES string of the molecule is Cc1cccc2c1OC1(CC2)CCN(CCN)C1. The molecule has 0 bridgehead atoms. The van der Waals surface area contributed by atoms with E-state index < -0.39 is 0 Å². The molecule has 3 rings (SSSR count). The molecule has 1 fully saturated rings. The highest BCUT2D eigenvalue weighted by atomic mass is 16.5. The van der Waals surface area contributed by atoms with Crippen LogP contribution < -0.4 is 10.5 Å². The molecule has 0 aliphatic carbocycles. The number of hydrogen-bond donors (Lipinski definition) is 1. The molecule has 1 aromatic carbocycles. The van der Waals surface area contributed by atoms with E-state index in [1.165, 1.54) is 11.1 Å². The minimum atomic E-state index is 0.0499. The first-order valence-electron chi connectivity index (χ1n) is 6.92. The summed E-state index contributed by atoms with van der Waals surface area (Å²) in [4.78, 5) is 2.43. The lowest BCUT2D eigenvalue weighted by molar-refractivity contribution is 0.0541. The van der Waals surface area contributed by atoms with E-state index in [4.69, 9.17) is 10.5 Å². The van der Waals surface area contributed by atoms with E-state index in [2.05, 4.69) is 30.0 Å². The summed E-state index contributed by atoms with van der Waals surface area (Å²) in [6.45, 7) is 6.04. The monoisotopic (exact) mass is 246 g/mol. The van der Waals surface area contributed by atoms with Gasteiger partial charge >= 0.3 is 0 Å². The van der Waals surface area contributed by atoms with Crippen molar-refractivity contribution in [3.05, 3.63) is 29.3 Å². The number of nitrogens with zero attached hydrogens (tertiary/aromatic N) is 1. The molecule has 0 amide bonds. The van der Waals surface area contributed by atoms with E-state index in [1.54, 1.807) is 0 Å². The number of nitrogens with two attached hydrogens (primary N) is 1. The quantitative estimate of drug-likeness (QED) is 0.863. The normalized spacial score (nSPS) is 27.2. The molecule has 2 aliphatic heterocycles. The van der Waals surface area contributed by atoms with Crippen LogP contribution in [0.1, 0.15) is 24.0 Å². The Hall–Kier alpha value is -1.06. The molecule has 98 valence electrons. The van der Waals surface area contributed by atoms with Gasteiger partial charge < -0.3 is 10.5 Å². The topological polar surface area (TPSA) is 38.5 Å². The van der Waals surface area contributed by atoms with E-state index in [-0.39, 0.29) is 5.60 Å². The number of benzene rings is 1. The molecule has 1 saturated heterocycles. The van der Waals surface area contributed by atoms with Crippen LogP contribution in [0.3, 0.4) is 0 Å². The van der Waals surface area contributed by atoms with Crippen LogP contribution in [-0.2, 0) is 6.42 Å². The standard InChI is InChI=1S/C15H22N2O/c1-12-3-2-4-13-5-6-15(18-14(12)13)7-9-17(11-15)10-8-16/h2-4H,5-11,16H2,1H3. The van der Waals surface area contributed by atoms with E-state index in [1.807, 2.05) is 0 Å². The van der Waals surface area contributed by atoms with Gasteiger partial charge in [-0.25, -0.2) is 0 Å². The first-order chi connectivity index (χ1) is 8.72. The molecule has 1 aromatic rings. The van der Waals surface area contributed by atoms with Crippen LogP contribution in [0.5, 0.6) is 5.75 Å². The van der Waals surface area contributed by atoms with Gasteiger partial charge in [0, 0.05) is 32.6 Å². The first-order valence-corrected chi connectivity index (χ1v) is 6.92. The second kappa shape index (κ2) is 4.56. The van der Waals surface area contributed by atoms with E-state index >= 15 is 0 Å². The first kappa shape index (κ1) is 12.0. The summed E-state index contributed by atoms with van der Waals surface area (Å²) in [5.41, 5.74) is 8.33. The van der Waals surface area contributed by atoms with Crippen LogP contribution in [0, 0.1) is 6.92 Å². The lowest BCUT2D eigenvalue weighted by Gasteiger charge is -2.36. The summed E-state index contributed by atoms with van der Waals surface area (Å²) in [5.74, 6) is 1.14. The second-order valence-corrected chi connectivity index (χ2v) is 5.66. The van der Waals surface area contributed by atoms with Crippen molar-refractivity contribution >= 4 is 0 Å². The molecule has 0 saturated carbocycles. The van der Waals surface area contributed by atoms with Crippen LogP contribution in [0.4, 0.5) is 0 Å². The van der Waals surface area contributed by atoms with Gasteiger partial charge in [0.2, 0.25) is 0 Å². The average molecular weight is 246 g/mol. The maximum Gasteiger partial charge on any atom is 0.126 e. The van der Waals surface area contributed by atoms with Crippen LogP contribution in [-0.4, -0.2) is 36.7 Å². The van der Waals surface area contributed by atoms with Gasteiger partial charge in [0.05, 0.1) is 0 Å². The fourth-order valence-corrected chi connectivity index (χ4v) is 3.27. The highest BCUT2D eigenvalue weighted by molar-refractivity contribution is 5.43. The predicted octanol–water partition coefficient (Wildman–Crippen LogP) is 1.72. The van der Waals surface area contributed by atoms with Gasteiger partial charge in [-0.05, 0) is 30.9 Å². The van der Waals surface area contributed by atoms with Crippen molar-refractivity contribution < 1.29 is 4.74 Å². The van der Waals surface area contributed by atoms with Crippen LogP contribution >= 0.6 is 0 Å². The molecular formula is C15H22N2O. The third-order valence-corrected chi connectivity index (χ3v) is 4.30. The van der Waals surface area contributed by atoms with Crippen LogP contribution in [0.15, 0.2) is 18.2 Å². The average Bonchev–Trinajstić information content (AvgIpc) is 2.74. The van der Waals surface area contributed by atoms with Gasteiger partial charge in [-0.2, -0.15) is 0 Å². The largest absolute Gasteiger partial charge is 0.485 e. The van der Waals surface area contributed by atoms with Crippen molar-refractivity contribution in [3.63, 3.8) is 0 Å². The zero-order chi connectivity index (χ0) is 12.6. The van der Waals surface area contributed by atoms with E-state index in [0.29, 0.717) is 0 Å². The molecule has 3 nitrogen and oxygen atoms in total. The Morgan fingerprint density at radius 1 is 1.39 bits per heavy atom. The number of para-hydroxylation sites is 1. The number of ether oxygens (including phenoxy) is 1. The minimum absolute atomic E-state index is 0.0499. The number of likely N-dealkylation sites (tertiary alicyclic amines) is 1. The smallest absolute Gasteiger partial charge is 0.126 e. The van der Waals surface area contributed by atoms with Crippen LogP contribution in [0.25, 0.3) is 0 Å². The molecule has 1 spiro atoms. The zero-order valence-electron chi connectivity index (χ0n) is 11.1. The summed E-state index contributed by atoms with van der Waals surface area (Å²) in [7, 11) is 0. The molecule has 3 heteroatoms. The summed E-state index contributed by atoms with van der Waals surface area (Å²) < 4.78 is 6.41. The Kier molecular flexibility index (Phi) is 3.04. The van der Waals surface area contributed by atoms with Gasteiger partial charge in [-0.3, -0.25) is 4.90 Å². The summed E-state index contributed by atoms with van der Waals surface area (Å²) >= 11 is 0. The third kappa shape index (κ3) is 2.02. The van der Waals surface area contributed by atoms with Gasteiger partial charge in [0.25, 0.3) is 0 Å². The fourth-order valence-electron chi connectivity index (χ4n) is 3.27. The van der Waals surface area contributed by atoms with Crippen molar-refractivity contribution in [1.29, 1.82) is 0 Å². The maximum atomic E-state index is 6.41. The Morgan fingerprint density at radius 2 is 2.28 bits per heavy atom. The Morgan fingerprint density at radius 3 is 3.11 bits per heavy atom. The number of rotatable bonds is 2. The Balaban J connectivity index is 1.80. The van der Waals surface area contributed by atoms with Crippen LogP contribution in [0.2, 0.25) is 0 Å². The van der Waals surface area contributed by atoms with E-state index in [0.717, 1.165) is 51.2 Å². The number of fused-ring (bicyclic) bond motifs is 1. The number of aryl methyl sites for hydroxylation is 2. The summed E-state index contributed by atoms with van der Waals surface area (Å²) in [6, 6.07) is 6.47. The third-order valence-electron chi connectivity index (χ3n) is 4.30. The van der Waals surface area contributed by atoms with Crippen molar-refractivity contribution in [2.24, 2.45) is 5.73 Å². The molecule has 1 unspecified atom stereocenters. The molecule has 18 heavy (non-hydrogen) atoms. The molecule has 0 aromatic heterocycles. The van der Waals surface area contributed by atoms with Crippen molar-refractivity contribution in [1.82, 2.24) is 4.90 Å². The summed E-state index contributed by atoms with van der Waals surface area (Å²) in [5, 5.41) is 0. The lowest BCUT2D eigenvalue weighted by Crippen LogP contribution is -2.43. The van der Waals surface area contributed by atoms with Crippen molar-refractivity contribution in [2.75, 3.05) is 26.2 Å². The molecular weight excluding hydrogens is 224 g/mol. The second-order valence-electron chi connectivity index (χ2n) is 5.66. The summed E-state index contributed by atoms with van der Waals surface area (Å²) in [6.07, 6.45) is 3.43. The fraction of sp³-hybridized carbons (Fsp3) is 0.600. The minimum Gasteiger partial charge on any atom is -0.485 e. The van der Waals surface area contributed by atoms with Gasteiger partial charge in [0.15, 0.2) is 0 Å². The van der Waals surface area contributed by atoms with Crippen molar-refractivity contribution in [2.45, 2.75) is 31.8 Å². The van der Waals surface area contributed by atoms with Gasteiger partial charge in [-0.15, -0.1) is 0 Å². The highest BCUT2D eigenvalue weighted by Gasteiger charge is 2.42. The molecule has 0 radical (unpaired) electrons. The highest BCUT2D eigenvalue weighted by Crippen LogP contribution is 2.40. The molecule has 2 aliphatic rings. The molecule has 2 N–H and O–H groups in total. The van der Waals surface area contributed by atoms with Gasteiger partial charge in [-0.1, -0.05) is 18.2 Å². The lowest BCUT2D eigenvalue weighted by atomic mass is 9.89. The Bertz CT molecular complexity index is 446. The molecule has 1 atom stereocenters. The number of hydrogen-bond acceptors (Lipinski definition) is 3. The van der Waals surface area contributed by atoms with Crippen molar-refractivity contribution in [3.8, 4) is 5.75 Å². The maximum absolute atomic E-state index is 6.41. The predicted molar refractivity (Wildman–Crippen MR) is 73.0 cm³/mol. The Labute approximate surface area is 109 Å². The molecule has 2 heterocycles. The zero-order valence-corrected chi connectivity index (χ0v) is 11.1. The van der Waals surface area contributed by atoms with Gasteiger partial charge in [0.1, 0.15) is 11.4 Å². The van der Waals surface area contributed by atoms with E-state index in [9.17, 15) is 0 Å².